The molecule has 0 saturated carbocycles. The van der Waals surface area contributed by atoms with Crippen LogP contribution in [0, 0.1) is 11.3 Å². The molecule has 4 nitrogen and oxygen atoms in total. The van der Waals surface area contributed by atoms with Gasteiger partial charge >= 0.3 is 0 Å². The van der Waals surface area contributed by atoms with Crippen molar-refractivity contribution in [2.45, 2.75) is 25.6 Å². The van der Waals surface area contributed by atoms with Crippen molar-refractivity contribution in [3.8, 4) is 11.8 Å². The number of benzene rings is 1. The van der Waals surface area contributed by atoms with Gasteiger partial charge in [0.15, 0.2) is 0 Å². The summed E-state index contributed by atoms with van der Waals surface area (Å²) in [4.78, 5) is 0. The van der Waals surface area contributed by atoms with Gasteiger partial charge in [-0.15, -0.1) is 0 Å². The fraction of sp³-hybridized carbons (Fsp3) is 0.500. The van der Waals surface area contributed by atoms with Crippen molar-refractivity contribution in [3.63, 3.8) is 0 Å². The largest absolute Gasteiger partial charge is 0.495 e. The van der Waals surface area contributed by atoms with E-state index >= 15 is 0 Å². The zero-order chi connectivity index (χ0) is 12.8. The first-order valence-electron chi connectivity index (χ1n) is 6.10. The van der Waals surface area contributed by atoms with Crippen LogP contribution in [0.4, 0.5) is 0 Å². The zero-order valence-corrected chi connectivity index (χ0v) is 10.5. The highest BCUT2D eigenvalue weighted by atomic mass is 16.5. The van der Waals surface area contributed by atoms with Crippen LogP contribution < -0.4 is 4.74 Å². The van der Waals surface area contributed by atoms with Crippen molar-refractivity contribution in [1.82, 2.24) is 0 Å². The van der Waals surface area contributed by atoms with E-state index in [9.17, 15) is 0 Å². The van der Waals surface area contributed by atoms with Gasteiger partial charge in [-0.25, -0.2) is 0 Å². The Labute approximate surface area is 107 Å². The predicted molar refractivity (Wildman–Crippen MR) is 66.3 cm³/mol. The molecule has 0 aromatic heterocycles. The minimum atomic E-state index is 0.270. The molecule has 1 aliphatic heterocycles. The topological polar surface area (TPSA) is 51.5 Å². The van der Waals surface area contributed by atoms with Crippen molar-refractivity contribution in [2.24, 2.45) is 0 Å². The van der Waals surface area contributed by atoms with Crippen molar-refractivity contribution in [1.29, 1.82) is 5.26 Å². The molecule has 1 aromatic carbocycles. The Morgan fingerprint density at radius 1 is 1.39 bits per heavy atom. The van der Waals surface area contributed by atoms with E-state index in [1.165, 1.54) is 0 Å². The lowest BCUT2D eigenvalue weighted by molar-refractivity contribution is -0.0390. The summed E-state index contributed by atoms with van der Waals surface area (Å²) in [5.74, 6) is 0.604. The Morgan fingerprint density at radius 2 is 2.17 bits per heavy atom. The summed E-state index contributed by atoms with van der Waals surface area (Å²) in [6, 6.07) is 7.68. The van der Waals surface area contributed by atoms with Gasteiger partial charge in [0.25, 0.3) is 0 Å². The van der Waals surface area contributed by atoms with E-state index in [0.717, 1.165) is 31.6 Å². The average molecular weight is 247 g/mol. The molecule has 0 N–H and O–H groups in total. The molecule has 0 bridgehead atoms. The summed E-state index contributed by atoms with van der Waals surface area (Å²) in [7, 11) is 1.56. The molecular formula is C14H17NO3. The van der Waals surface area contributed by atoms with Crippen LogP contribution in [0.25, 0.3) is 0 Å². The van der Waals surface area contributed by atoms with Crippen LogP contribution in [0.5, 0.6) is 5.75 Å². The molecule has 0 aliphatic carbocycles. The number of hydrogen-bond acceptors (Lipinski definition) is 4. The number of methoxy groups -OCH3 is 1. The zero-order valence-electron chi connectivity index (χ0n) is 10.5. The van der Waals surface area contributed by atoms with Gasteiger partial charge in [-0.3, -0.25) is 0 Å². The monoisotopic (exact) mass is 247 g/mol. The SMILES string of the molecule is COc1ccc(COC2CCOCC2)cc1C#N. The van der Waals surface area contributed by atoms with Crippen LogP contribution in [0.15, 0.2) is 18.2 Å². The second kappa shape index (κ2) is 6.39. The highest BCUT2D eigenvalue weighted by molar-refractivity contribution is 5.45. The average Bonchev–Trinajstić information content (AvgIpc) is 2.45. The van der Waals surface area contributed by atoms with Crippen LogP contribution in [-0.2, 0) is 16.1 Å². The third kappa shape index (κ3) is 3.22. The number of rotatable bonds is 4. The summed E-state index contributed by atoms with van der Waals surface area (Å²) in [6.45, 7) is 2.08. The molecule has 1 aliphatic rings. The van der Waals surface area contributed by atoms with Gasteiger partial charge in [0.05, 0.1) is 25.4 Å². The van der Waals surface area contributed by atoms with Gasteiger partial charge in [0, 0.05) is 13.2 Å². The maximum atomic E-state index is 9.00. The molecule has 18 heavy (non-hydrogen) atoms. The molecule has 2 rings (SSSR count). The van der Waals surface area contributed by atoms with Crippen molar-refractivity contribution < 1.29 is 14.2 Å². The third-order valence-corrected chi connectivity index (χ3v) is 3.04. The van der Waals surface area contributed by atoms with Gasteiger partial charge in [-0.1, -0.05) is 6.07 Å². The Balaban J connectivity index is 1.95. The summed E-state index contributed by atoms with van der Waals surface area (Å²) in [6.07, 6.45) is 2.16. The molecule has 1 saturated heterocycles. The summed E-state index contributed by atoms with van der Waals surface area (Å²) < 4.78 is 16.2. The second-order valence-corrected chi connectivity index (χ2v) is 4.27. The smallest absolute Gasteiger partial charge is 0.136 e. The summed E-state index contributed by atoms with van der Waals surface area (Å²) in [5.41, 5.74) is 1.55. The second-order valence-electron chi connectivity index (χ2n) is 4.27. The molecule has 0 unspecified atom stereocenters. The number of nitrogens with zero attached hydrogens (tertiary/aromatic N) is 1. The number of nitriles is 1. The predicted octanol–water partition coefficient (Wildman–Crippen LogP) is 2.26. The van der Waals surface area contributed by atoms with Crippen LogP contribution in [0.2, 0.25) is 0 Å². The van der Waals surface area contributed by atoms with Crippen LogP contribution in [0.3, 0.4) is 0 Å². The fourth-order valence-corrected chi connectivity index (χ4v) is 1.99. The summed E-state index contributed by atoms with van der Waals surface area (Å²) >= 11 is 0. The highest BCUT2D eigenvalue weighted by Crippen LogP contribution is 2.20. The maximum absolute atomic E-state index is 9.00. The molecule has 1 heterocycles. The van der Waals surface area contributed by atoms with Gasteiger partial charge in [0.2, 0.25) is 0 Å². The molecule has 1 aromatic rings. The van der Waals surface area contributed by atoms with E-state index in [0.29, 0.717) is 17.9 Å². The first kappa shape index (κ1) is 12.9. The first-order valence-corrected chi connectivity index (χ1v) is 6.10. The Morgan fingerprint density at radius 3 is 2.83 bits per heavy atom. The van der Waals surface area contributed by atoms with E-state index in [1.54, 1.807) is 13.2 Å². The first-order chi connectivity index (χ1) is 8.83. The lowest BCUT2D eigenvalue weighted by atomic mass is 10.1. The Bertz CT molecular complexity index is 433. The van der Waals surface area contributed by atoms with E-state index in [-0.39, 0.29) is 6.10 Å². The van der Waals surface area contributed by atoms with E-state index in [2.05, 4.69) is 6.07 Å². The van der Waals surface area contributed by atoms with Crippen molar-refractivity contribution >= 4 is 0 Å². The molecule has 0 spiro atoms. The quantitative estimate of drug-likeness (QED) is 0.819. The van der Waals surface area contributed by atoms with E-state index in [4.69, 9.17) is 19.5 Å². The van der Waals surface area contributed by atoms with E-state index in [1.807, 2.05) is 12.1 Å². The molecule has 0 amide bonds. The van der Waals surface area contributed by atoms with Gasteiger partial charge < -0.3 is 14.2 Å². The van der Waals surface area contributed by atoms with Crippen LogP contribution in [0.1, 0.15) is 24.0 Å². The minimum Gasteiger partial charge on any atom is -0.495 e. The molecule has 4 heteroatoms. The van der Waals surface area contributed by atoms with Gasteiger partial charge in [-0.2, -0.15) is 5.26 Å². The molecule has 96 valence electrons. The van der Waals surface area contributed by atoms with Crippen LogP contribution in [-0.4, -0.2) is 26.4 Å². The molecular weight excluding hydrogens is 230 g/mol. The Kier molecular flexibility index (Phi) is 4.57. The number of hydrogen-bond donors (Lipinski definition) is 0. The van der Waals surface area contributed by atoms with Gasteiger partial charge in [-0.05, 0) is 30.5 Å². The third-order valence-electron chi connectivity index (χ3n) is 3.04. The lowest BCUT2D eigenvalue weighted by Crippen LogP contribution is -2.23. The normalized spacial score (nSPS) is 16.2. The van der Waals surface area contributed by atoms with Gasteiger partial charge in [0.1, 0.15) is 11.8 Å². The maximum Gasteiger partial charge on any atom is 0.136 e. The molecule has 1 fully saturated rings. The van der Waals surface area contributed by atoms with Crippen LogP contribution >= 0.6 is 0 Å². The molecule has 0 atom stereocenters. The van der Waals surface area contributed by atoms with Crippen molar-refractivity contribution in [3.05, 3.63) is 29.3 Å². The number of ether oxygens (including phenoxy) is 3. The minimum absolute atomic E-state index is 0.270. The van der Waals surface area contributed by atoms with E-state index < -0.39 is 0 Å². The Hall–Kier alpha value is -1.57. The summed E-state index contributed by atoms with van der Waals surface area (Å²) in [5, 5.41) is 9.00. The van der Waals surface area contributed by atoms with Crippen molar-refractivity contribution in [2.75, 3.05) is 20.3 Å². The fourth-order valence-electron chi connectivity index (χ4n) is 1.99. The lowest BCUT2D eigenvalue weighted by Gasteiger charge is -2.22. The highest BCUT2D eigenvalue weighted by Gasteiger charge is 2.14. The standard InChI is InChI=1S/C14H17NO3/c1-16-14-3-2-11(8-12(14)9-15)10-18-13-4-6-17-7-5-13/h2-3,8,13H,4-7,10H2,1H3. The molecule has 0 radical (unpaired) electrons.